The van der Waals surface area contributed by atoms with E-state index in [4.69, 9.17) is 9.47 Å². The molecule has 0 aromatic rings. The van der Waals surface area contributed by atoms with Gasteiger partial charge < -0.3 is 9.47 Å². The van der Waals surface area contributed by atoms with Crippen LogP contribution in [0.15, 0.2) is 11.8 Å². The fourth-order valence-corrected chi connectivity index (χ4v) is 0.705. The minimum atomic E-state index is -0.306. The highest BCUT2D eigenvalue weighted by Gasteiger charge is 2.03. The van der Waals surface area contributed by atoms with E-state index in [1.807, 2.05) is 0 Å². The Labute approximate surface area is 79.7 Å². The number of carbonyl (C=O) groups excluding carboxylic acids is 1. The summed E-state index contributed by atoms with van der Waals surface area (Å²) in [5, 5.41) is 0. The Morgan fingerprint density at radius 3 is 2.62 bits per heavy atom. The quantitative estimate of drug-likeness (QED) is 0.276. The van der Waals surface area contributed by atoms with E-state index in [2.05, 4.69) is 6.92 Å². The van der Waals surface area contributed by atoms with Crippen LogP contribution < -0.4 is 0 Å². The van der Waals surface area contributed by atoms with Gasteiger partial charge in [0.2, 0.25) is 0 Å². The Morgan fingerprint density at radius 1 is 1.38 bits per heavy atom. The van der Waals surface area contributed by atoms with Crippen molar-refractivity contribution in [2.45, 2.75) is 33.6 Å². The summed E-state index contributed by atoms with van der Waals surface area (Å²) in [6, 6.07) is 0. The molecule has 0 atom stereocenters. The lowest BCUT2D eigenvalue weighted by molar-refractivity contribution is -0.138. The van der Waals surface area contributed by atoms with Crippen molar-refractivity contribution in [3.05, 3.63) is 11.8 Å². The first-order chi connectivity index (χ1) is 6.22. The summed E-state index contributed by atoms with van der Waals surface area (Å²) in [4.78, 5) is 11.0. The molecule has 0 saturated heterocycles. The van der Waals surface area contributed by atoms with Gasteiger partial charge in [0.15, 0.2) is 0 Å². The summed E-state index contributed by atoms with van der Waals surface area (Å²) in [7, 11) is 0. The Morgan fingerprint density at radius 2 is 2.08 bits per heavy atom. The summed E-state index contributed by atoms with van der Waals surface area (Å²) in [5.74, 6) is -0.306. The molecule has 13 heavy (non-hydrogen) atoms. The van der Waals surface area contributed by atoms with Gasteiger partial charge >= 0.3 is 5.97 Å². The molecule has 0 heterocycles. The number of unbranched alkanes of at least 4 members (excludes halogenated alkanes) is 1. The average molecular weight is 186 g/mol. The van der Waals surface area contributed by atoms with Crippen molar-refractivity contribution in [3.8, 4) is 0 Å². The molecule has 76 valence electrons. The van der Waals surface area contributed by atoms with Crippen molar-refractivity contribution in [2.75, 3.05) is 13.2 Å². The van der Waals surface area contributed by atoms with Crippen LogP contribution in [0.3, 0.4) is 0 Å². The van der Waals surface area contributed by atoms with Crippen LogP contribution in [0.25, 0.3) is 0 Å². The van der Waals surface area contributed by atoms with Gasteiger partial charge in [0.05, 0.1) is 25.0 Å². The second kappa shape index (κ2) is 7.65. The van der Waals surface area contributed by atoms with Crippen molar-refractivity contribution in [1.82, 2.24) is 0 Å². The molecule has 0 aromatic heterocycles. The molecule has 0 N–H and O–H groups in total. The fraction of sp³-hybridized carbons (Fsp3) is 0.700. The first-order valence-electron chi connectivity index (χ1n) is 4.67. The third-order valence-electron chi connectivity index (χ3n) is 1.47. The van der Waals surface area contributed by atoms with E-state index in [0.717, 1.165) is 12.8 Å². The normalized spacial score (nSPS) is 11.2. The predicted molar refractivity (Wildman–Crippen MR) is 51.3 cm³/mol. The third-order valence-corrected chi connectivity index (χ3v) is 1.47. The molecule has 0 aliphatic heterocycles. The van der Waals surface area contributed by atoms with Gasteiger partial charge in [-0.05, 0) is 20.3 Å². The fourth-order valence-electron chi connectivity index (χ4n) is 0.705. The van der Waals surface area contributed by atoms with Crippen molar-refractivity contribution in [1.29, 1.82) is 0 Å². The van der Waals surface area contributed by atoms with Gasteiger partial charge in [-0.2, -0.15) is 0 Å². The largest absolute Gasteiger partial charge is 0.501 e. The molecule has 0 spiro atoms. The van der Waals surface area contributed by atoms with E-state index in [1.54, 1.807) is 13.8 Å². The Balaban J connectivity index is 3.67. The van der Waals surface area contributed by atoms with Crippen molar-refractivity contribution in [2.24, 2.45) is 0 Å². The second-order valence-corrected chi connectivity index (χ2v) is 2.75. The van der Waals surface area contributed by atoms with E-state index >= 15 is 0 Å². The molecule has 3 heteroatoms. The number of esters is 1. The predicted octanol–water partition coefficient (Wildman–Crippen LogP) is 2.27. The monoisotopic (exact) mass is 186 g/mol. The Bertz CT molecular complexity index is 173. The maximum absolute atomic E-state index is 11.0. The molecule has 0 amide bonds. The van der Waals surface area contributed by atoms with Crippen LogP contribution in [0, 0.1) is 0 Å². The van der Waals surface area contributed by atoms with E-state index in [0.29, 0.717) is 18.8 Å². The van der Waals surface area contributed by atoms with E-state index in [1.165, 1.54) is 6.26 Å². The van der Waals surface area contributed by atoms with Crippen LogP contribution >= 0.6 is 0 Å². The molecule has 0 unspecified atom stereocenters. The first kappa shape index (κ1) is 12.0. The summed E-state index contributed by atoms with van der Waals surface area (Å²) < 4.78 is 9.91. The van der Waals surface area contributed by atoms with Gasteiger partial charge in [-0.25, -0.2) is 4.79 Å². The lowest BCUT2D eigenvalue weighted by atomic mass is 10.3. The zero-order chi connectivity index (χ0) is 10.1. The molecule has 0 rings (SSSR count). The Kier molecular flexibility index (Phi) is 7.07. The van der Waals surface area contributed by atoms with Crippen LogP contribution in [0.1, 0.15) is 33.6 Å². The lowest BCUT2D eigenvalue weighted by Crippen LogP contribution is -2.05. The van der Waals surface area contributed by atoms with Crippen LogP contribution in [0.4, 0.5) is 0 Å². The highest BCUT2D eigenvalue weighted by atomic mass is 16.5. The molecule has 0 aromatic carbocycles. The van der Waals surface area contributed by atoms with Crippen LogP contribution in [0.5, 0.6) is 0 Å². The van der Waals surface area contributed by atoms with E-state index in [9.17, 15) is 4.79 Å². The zero-order valence-electron chi connectivity index (χ0n) is 8.63. The smallest absolute Gasteiger partial charge is 0.336 e. The summed E-state index contributed by atoms with van der Waals surface area (Å²) in [6.45, 7) is 6.62. The molecular formula is C10H18O3. The number of rotatable bonds is 6. The summed E-state index contributed by atoms with van der Waals surface area (Å²) >= 11 is 0. The van der Waals surface area contributed by atoms with Crippen molar-refractivity contribution in [3.63, 3.8) is 0 Å². The van der Waals surface area contributed by atoms with Gasteiger partial charge in [-0.15, -0.1) is 0 Å². The van der Waals surface area contributed by atoms with Gasteiger partial charge in [-0.3, -0.25) is 0 Å². The number of ether oxygens (including phenoxy) is 2. The van der Waals surface area contributed by atoms with Crippen LogP contribution in [-0.4, -0.2) is 19.2 Å². The standard InChI is InChI=1S/C10H18O3/c1-4-6-7-12-8-9(3)10(11)13-5-2/h8H,4-7H2,1-3H3. The molecule has 0 fully saturated rings. The first-order valence-corrected chi connectivity index (χ1v) is 4.67. The minimum absolute atomic E-state index is 0.306. The SMILES string of the molecule is CCCCOC=C(C)C(=O)OCC. The van der Waals surface area contributed by atoms with Gasteiger partial charge in [-0.1, -0.05) is 13.3 Å². The topological polar surface area (TPSA) is 35.5 Å². The minimum Gasteiger partial charge on any atom is -0.501 e. The second-order valence-electron chi connectivity index (χ2n) is 2.75. The molecule has 0 saturated carbocycles. The molecular weight excluding hydrogens is 168 g/mol. The molecule has 0 aliphatic carbocycles. The maximum Gasteiger partial charge on any atom is 0.336 e. The summed E-state index contributed by atoms with van der Waals surface area (Å²) in [6.07, 6.45) is 3.56. The number of hydrogen-bond acceptors (Lipinski definition) is 3. The van der Waals surface area contributed by atoms with Gasteiger partial charge in [0.1, 0.15) is 0 Å². The zero-order valence-corrected chi connectivity index (χ0v) is 8.63. The Hall–Kier alpha value is -0.990. The average Bonchev–Trinajstić information content (AvgIpc) is 2.12. The number of carbonyl (C=O) groups is 1. The van der Waals surface area contributed by atoms with Crippen molar-refractivity contribution >= 4 is 5.97 Å². The van der Waals surface area contributed by atoms with Crippen LogP contribution in [-0.2, 0) is 14.3 Å². The molecule has 0 bridgehead atoms. The maximum atomic E-state index is 11.0. The summed E-state index contributed by atoms with van der Waals surface area (Å²) in [5.41, 5.74) is 0.512. The highest BCUT2D eigenvalue weighted by molar-refractivity contribution is 5.87. The highest BCUT2D eigenvalue weighted by Crippen LogP contribution is 1.98. The molecule has 3 nitrogen and oxygen atoms in total. The number of hydrogen-bond donors (Lipinski definition) is 0. The van der Waals surface area contributed by atoms with Gasteiger partial charge in [0, 0.05) is 0 Å². The third kappa shape index (κ3) is 6.20. The van der Waals surface area contributed by atoms with Crippen molar-refractivity contribution < 1.29 is 14.3 Å². The molecule has 0 aliphatic rings. The van der Waals surface area contributed by atoms with E-state index < -0.39 is 0 Å². The molecule has 0 radical (unpaired) electrons. The van der Waals surface area contributed by atoms with Crippen LogP contribution in [0.2, 0.25) is 0 Å². The lowest BCUT2D eigenvalue weighted by Gasteiger charge is -2.02. The van der Waals surface area contributed by atoms with Gasteiger partial charge in [0.25, 0.3) is 0 Å². The van der Waals surface area contributed by atoms with E-state index in [-0.39, 0.29) is 5.97 Å².